The van der Waals surface area contributed by atoms with Gasteiger partial charge in [0.2, 0.25) is 0 Å². The largest absolute Gasteiger partial charge is 0.462 e. The number of thiazole rings is 1. The van der Waals surface area contributed by atoms with E-state index in [9.17, 15) is 14.0 Å². The van der Waals surface area contributed by atoms with E-state index in [0.717, 1.165) is 11.3 Å². The van der Waals surface area contributed by atoms with Crippen molar-refractivity contribution >= 4 is 51.5 Å². The molecule has 1 saturated heterocycles. The summed E-state index contributed by atoms with van der Waals surface area (Å²) in [6.07, 6.45) is 0.503. The molecule has 2 atom stereocenters. The first-order valence-corrected chi connectivity index (χ1v) is 10.3. The van der Waals surface area contributed by atoms with Gasteiger partial charge < -0.3 is 19.9 Å². The maximum atomic E-state index is 14.7. The van der Waals surface area contributed by atoms with Gasteiger partial charge in [0, 0.05) is 12.1 Å². The molecule has 1 aliphatic heterocycles. The summed E-state index contributed by atoms with van der Waals surface area (Å²) in [6, 6.07) is -0.660. The zero-order chi connectivity index (χ0) is 20.4. The summed E-state index contributed by atoms with van der Waals surface area (Å²) in [7, 11) is 0. The Kier molecular flexibility index (Phi) is 6.47. The number of hydrogen-bond acceptors (Lipinski definition) is 6. The number of halogens is 3. The fourth-order valence-electron chi connectivity index (χ4n) is 2.89. The van der Waals surface area contributed by atoms with Gasteiger partial charge in [0.1, 0.15) is 21.9 Å². The number of anilines is 1. The van der Waals surface area contributed by atoms with Crippen molar-refractivity contribution in [2.24, 2.45) is 0 Å². The molecule has 0 aliphatic carbocycles. The van der Waals surface area contributed by atoms with Crippen LogP contribution < -0.4 is 10.2 Å². The van der Waals surface area contributed by atoms with Gasteiger partial charge in [-0.15, -0.1) is 0 Å². The van der Waals surface area contributed by atoms with Crippen molar-refractivity contribution in [3.63, 3.8) is 0 Å². The van der Waals surface area contributed by atoms with E-state index in [1.165, 1.54) is 6.20 Å². The molecule has 11 heteroatoms. The molecule has 0 radical (unpaired) electrons. The molecule has 152 valence electrons. The van der Waals surface area contributed by atoms with Crippen molar-refractivity contribution in [3.05, 3.63) is 32.5 Å². The molecule has 1 amide bonds. The Morgan fingerprint density at radius 2 is 2.25 bits per heavy atom. The maximum absolute atomic E-state index is 14.7. The smallest absolute Gasteiger partial charge is 0.350 e. The molecule has 2 N–H and O–H groups in total. The number of piperidine rings is 1. The van der Waals surface area contributed by atoms with Crippen LogP contribution in [0.2, 0.25) is 10.2 Å². The standard InChI is InChI=1S/C17H19Cl2FN4O3S/c1-3-27-16(26)11-6-21-17(28-11)24-5-4-10(9(20)7-24)22-15(25)13-12(18)8(2)14(19)23-13/h6,9-10,23H,3-5,7H2,1-2H3,(H,22,25)/t9-,10+/m0/s1. The number of esters is 1. The average Bonchev–Trinajstić information content (AvgIpc) is 3.25. The second kappa shape index (κ2) is 8.67. The number of aromatic amines is 1. The summed E-state index contributed by atoms with van der Waals surface area (Å²) in [5.74, 6) is -0.943. The van der Waals surface area contributed by atoms with E-state index in [-0.39, 0.29) is 29.0 Å². The number of carbonyl (C=O) groups is 2. The van der Waals surface area contributed by atoms with E-state index in [1.54, 1.807) is 18.7 Å². The van der Waals surface area contributed by atoms with Crippen LogP contribution in [0, 0.1) is 6.92 Å². The zero-order valence-corrected chi connectivity index (χ0v) is 17.6. The molecular weight excluding hydrogens is 430 g/mol. The van der Waals surface area contributed by atoms with Crippen molar-refractivity contribution in [2.75, 3.05) is 24.6 Å². The molecule has 3 heterocycles. The number of ether oxygens (including phenoxy) is 1. The highest BCUT2D eigenvalue weighted by Gasteiger charge is 2.33. The van der Waals surface area contributed by atoms with Crippen LogP contribution in [0.5, 0.6) is 0 Å². The SMILES string of the molecule is CCOC(=O)c1cnc(N2CC[C@@H](NC(=O)c3[nH]c(Cl)c(C)c3Cl)[C@@H](F)C2)s1. The molecule has 1 fully saturated rings. The lowest BCUT2D eigenvalue weighted by Gasteiger charge is -2.34. The normalized spacial score (nSPS) is 19.5. The van der Waals surface area contributed by atoms with Gasteiger partial charge in [0.05, 0.1) is 30.4 Å². The summed E-state index contributed by atoms with van der Waals surface area (Å²) in [6.45, 7) is 4.23. The number of carbonyl (C=O) groups excluding carboxylic acids is 2. The van der Waals surface area contributed by atoms with Gasteiger partial charge in [-0.2, -0.15) is 0 Å². The molecule has 0 aromatic carbocycles. The Hall–Kier alpha value is -1.84. The predicted octanol–water partition coefficient (Wildman–Crippen LogP) is 3.61. The Labute approximate surface area is 175 Å². The monoisotopic (exact) mass is 448 g/mol. The van der Waals surface area contributed by atoms with Crippen LogP contribution in [0.1, 0.15) is 39.1 Å². The second-order valence-corrected chi connectivity index (χ2v) is 8.08. The van der Waals surface area contributed by atoms with Gasteiger partial charge in [-0.25, -0.2) is 14.2 Å². The number of rotatable bonds is 5. The summed E-state index contributed by atoms with van der Waals surface area (Å²) in [4.78, 5) is 33.2. The van der Waals surface area contributed by atoms with E-state index in [4.69, 9.17) is 27.9 Å². The molecular formula is C17H19Cl2FN4O3S. The molecule has 2 aromatic heterocycles. The summed E-state index contributed by atoms with van der Waals surface area (Å²) in [5, 5.41) is 3.73. The summed E-state index contributed by atoms with van der Waals surface area (Å²) < 4.78 is 19.6. The van der Waals surface area contributed by atoms with Crippen LogP contribution in [0.25, 0.3) is 0 Å². The van der Waals surface area contributed by atoms with Gasteiger partial charge >= 0.3 is 5.97 Å². The van der Waals surface area contributed by atoms with Gasteiger partial charge in [-0.1, -0.05) is 34.5 Å². The van der Waals surface area contributed by atoms with Crippen molar-refractivity contribution in [2.45, 2.75) is 32.5 Å². The molecule has 0 spiro atoms. The van der Waals surface area contributed by atoms with Crippen LogP contribution in [0.4, 0.5) is 9.52 Å². The van der Waals surface area contributed by atoms with Crippen molar-refractivity contribution in [1.82, 2.24) is 15.3 Å². The lowest BCUT2D eigenvalue weighted by atomic mass is 10.0. The van der Waals surface area contributed by atoms with Gasteiger partial charge in [0.15, 0.2) is 5.13 Å². The van der Waals surface area contributed by atoms with Crippen LogP contribution in [0.3, 0.4) is 0 Å². The number of hydrogen-bond donors (Lipinski definition) is 2. The molecule has 3 rings (SSSR count). The van der Waals surface area contributed by atoms with E-state index in [1.807, 2.05) is 0 Å². The fourth-order valence-corrected chi connectivity index (χ4v) is 4.20. The Balaban J connectivity index is 1.61. The molecule has 0 unspecified atom stereocenters. The lowest BCUT2D eigenvalue weighted by Crippen LogP contribution is -2.52. The van der Waals surface area contributed by atoms with Crippen molar-refractivity contribution in [1.29, 1.82) is 0 Å². The lowest BCUT2D eigenvalue weighted by molar-refractivity contribution is 0.0531. The molecule has 1 aliphatic rings. The van der Waals surface area contributed by atoms with E-state index in [2.05, 4.69) is 15.3 Å². The highest BCUT2D eigenvalue weighted by molar-refractivity contribution is 7.17. The molecule has 2 aromatic rings. The molecule has 28 heavy (non-hydrogen) atoms. The quantitative estimate of drug-likeness (QED) is 0.682. The minimum Gasteiger partial charge on any atom is -0.462 e. The van der Waals surface area contributed by atoms with Crippen LogP contribution in [-0.2, 0) is 4.74 Å². The van der Waals surface area contributed by atoms with Crippen molar-refractivity contribution < 1.29 is 18.7 Å². The first-order valence-electron chi connectivity index (χ1n) is 8.68. The number of alkyl halides is 1. The summed E-state index contributed by atoms with van der Waals surface area (Å²) >= 11 is 13.2. The Morgan fingerprint density at radius 3 is 2.86 bits per heavy atom. The Bertz CT molecular complexity index is 888. The highest BCUT2D eigenvalue weighted by atomic mass is 35.5. The Morgan fingerprint density at radius 1 is 1.50 bits per heavy atom. The number of H-pyrrole nitrogens is 1. The predicted molar refractivity (Wildman–Crippen MR) is 107 cm³/mol. The highest BCUT2D eigenvalue weighted by Crippen LogP contribution is 2.29. The maximum Gasteiger partial charge on any atom is 0.350 e. The van der Waals surface area contributed by atoms with Crippen LogP contribution >= 0.6 is 34.5 Å². The van der Waals surface area contributed by atoms with Gasteiger partial charge in [-0.05, 0) is 20.3 Å². The van der Waals surface area contributed by atoms with Crippen molar-refractivity contribution in [3.8, 4) is 0 Å². The first-order chi connectivity index (χ1) is 13.3. The number of nitrogens with one attached hydrogen (secondary N) is 2. The molecule has 7 nitrogen and oxygen atoms in total. The van der Waals surface area contributed by atoms with Crippen LogP contribution in [-0.4, -0.2) is 53.8 Å². The average molecular weight is 449 g/mol. The fraction of sp³-hybridized carbons (Fsp3) is 0.471. The minimum atomic E-state index is -1.31. The number of amides is 1. The minimum absolute atomic E-state index is 0.0545. The topological polar surface area (TPSA) is 87.3 Å². The second-order valence-electron chi connectivity index (χ2n) is 6.31. The van der Waals surface area contributed by atoms with Crippen LogP contribution in [0.15, 0.2) is 6.20 Å². The van der Waals surface area contributed by atoms with E-state index < -0.39 is 24.1 Å². The number of nitrogens with zero attached hydrogens (tertiary/aromatic N) is 2. The zero-order valence-electron chi connectivity index (χ0n) is 15.2. The van der Waals surface area contributed by atoms with Gasteiger partial charge in [-0.3, -0.25) is 4.79 Å². The number of aromatic nitrogens is 2. The molecule has 0 saturated carbocycles. The third-order valence-corrected chi connectivity index (χ3v) is 6.33. The third-order valence-electron chi connectivity index (χ3n) is 4.44. The third kappa shape index (κ3) is 4.26. The van der Waals surface area contributed by atoms with E-state index in [0.29, 0.717) is 28.5 Å². The molecule has 0 bridgehead atoms. The van der Waals surface area contributed by atoms with Gasteiger partial charge in [0.25, 0.3) is 5.91 Å². The first kappa shape index (κ1) is 20.9. The summed E-state index contributed by atoms with van der Waals surface area (Å²) in [5.41, 5.74) is 0.694. The van der Waals surface area contributed by atoms with E-state index >= 15 is 0 Å².